The maximum atomic E-state index is 5.38. The van der Waals surface area contributed by atoms with Gasteiger partial charge in [-0.05, 0) is 6.42 Å². The lowest BCUT2D eigenvalue weighted by molar-refractivity contribution is 0.0607. The van der Waals surface area contributed by atoms with Gasteiger partial charge in [0.05, 0.1) is 6.61 Å². The van der Waals surface area contributed by atoms with Gasteiger partial charge < -0.3 is 10.1 Å². The van der Waals surface area contributed by atoms with E-state index in [1.807, 2.05) is 0 Å². The molecule has 2 unspecified atom stereocenters. The number of fused-ring (bicyclic) bond motifs is 1. The first-order valence-corrected chi connectivity index (χ1v) is 3.55. The average Bonchev–Trinajstić information content (AvgIpc) is 2.33. The molecule has 2 fully saturated rings. The van der Waals surface area contributed by atoms with E-state index in [1.54, 1.807) is 0 Å². The summed E-state index contributed by atoms with van der Waals surface area (Å²) in [5, 5.41) is 6.69. The van der Waals surface area contributed by atoms with Gasteiger partial charge in [0.25, 0.3) is 0 Å². The summed E-state index contributed by atoms with van der Waals surface area (Å²) >= 11 is 0. The lowest BCUT2D eigenvalue weighted by Gasteiger charge is -2.26. The minimum absolute atomic E-state index is 0.304. The van der Waals surface area contributed by atoms with E-state index in [4.69, 9.17) is 4.74 Å². The predicted octanol–water partition coefficient (Wildman–Crippen LogP) is -0.706. The van der Waals surface area contributed by atoms with Crippen molar-refractivity contribution in [2.75, 3.05) is 19.7 Å². The van der Waals surface area contributed by atoms with Gasteiger partial charge in [0.1, 0.15) is 6.23 Å². The van der Waals surface area contributed by atoms with Gasteiger partial charge in [-0.25, -0.2) is 0 Å². The molecule has 3 nitrogen and oxygen atoms in total. The van der Waals surface area contributed by atoms with Crippen LogP contribution in [-0.2, 0) is 4.74 Å². The maximum absolute atomic E-state index is 5.38. The van der Waals surface area contributed by atoms with Crippen LogP contribution >= 0.6 is 0 Å². The van der Waals surface area contributed by atoms with Crippen molar-refractivity contribution in [1.29, 1.82) is 0 Å². The molecular weight excluding hydrogens is 116 g/mol. The highest BCUT2D eigenvalue weighted by Crippen LogP contribution is 2.12. The second-order valence-corrected chi connectivity index (χ2v) is 2.59. The molecule has 2 aliphatic heterocycles. The van der Waals surface area contributed by atoms with Crippen molar-refractivity contribution >= 4 is 0 Å². The monoisotopic (exact) mass is 128 g/mol. The molecule has 0 aromatic heterocycles. The van der Waals surface area contributed by atoms with Crippen molar-refractivity contribution in [3.8, 4) is 0 Å². The minimum atomic E-state index is 0.304. The van der Waals surface area contributed by atoms with E-state index in [-0.39, 0.29) is 0 Å². The first-order chi connectivity index (χ1) is 4.47. The molecule has 2 rings (SSSR count). The van der Waals surface area contributed by atoms with Gasteiger partial charge in [-0.1, -0.05) is 0 Å². The number of hydrogen-bond acceptors (Lipinski definition) is 3. The van der Waals surface area contributed by atoms with E-state index in [2.05, 4.69) is 10.6 Å². The van der Waals surface area contributed by atoms with E-state index in [0.29, 0.717) is 12.3 Å². The molecule has 3 heteroatoms. The Balaban J connectivity index is 1.97. The summed E-state index contributed by atoms with van der Waals surface area (Å²) in [5.74, 6) is 0. The highest BCUT2D eigenvalue weighted by molar-refractivity contribution is 4.84. The van der Waals surface area contributed by atoms with E-state index >= 15 is 0 Å². The SMILES string of the molecule is C1CNC2OCCC2N1. The van der Waals surface area contributed by atoms with Crippen LogP contribution in [0.1, 0.15) is 6.42 Å². The van der Waals surface area contributed by atoms with Crippen LogP contribution in [0.25, 0.3) is 0 Å². The predicted molar refractivity (Wildman–Crippen MR) is 34.2 cm³/mol. The Morgan fingerprint density at radius 3 is 3.00 bits per heavy atom. The van der Waals surface area contributed by atoms with Crippen LogP contribution in [0.4, 0.5) is 0 Å². The standard InChI is InChI=1S/C6H12N2O/c1-4-9-6-5(1)7-2-3-8-6/h5-8H,1-4H2. The first kappa shape index (κ1) is 5.65. The molecule has 0 aromatic carbocycles. The lowest BCUT2D eigenvalue weighted by Crippen LogP contribution is -2.53. The third-order valence-electron chi connectivity index (χ3n) is 1.97. The molecule has 0 bridgehead atoms. The molecule has 0 aromatic rings. The topological polar surface area (TPSA) is 33.3 Å². The summed E-state index contributed by atoms with van der Waals surface area (Å²) in [6.07, 6.45) is 1.47. The average molecular weight is 128 g/mol. The van der Waals surface area contributed by atoms with Crippen LogP contribution in [0.5, 0.6) is 0 Å². The van der Waals surface area contributed by atoms with E-state index in [1.165, 1.54) is 0 Å². The van der Waals surface area contributed by atoms with Gasteiger partial charge in [-0.15, -0.1) is 0 Å². The van der Waals surface area contributed by atoms with E-state index in [0.717, 1.165) is 26.1 Å². The van der Waals surface area contributed by atoms with Crippen LogP contribution in [0.3, 0.4) is 0 Å². The van der Waals surface area contributed by atoms with Crippen molar-refractivity contribution in [1.82, 2.24) is 10.6 Å². The van der Waals surface area contributed by atoms with E-state index in [9.17, 15) is 0 Å². The van der Waals surface area contributed by atoms with Gasteiger partial charge in [-0.3, -0.25) is 5.32 Å². The minimum Gasteiger partial charge on any atom is -0.362 e. The smallest absolute Gasteiger partial charge is 0.123 e. The second kappa shape index (κ2) is 2.25. The van der Waals surface area contributed by atoms with Crippen LogP contribution in [0.15, 0.2) is 0 Å². The molecule has 2 N–H and O–H groups in total. The van der Waals surface area contributed by atoms with Crippen LogP contribution < -0.4 is 10.6 Å². The quantitative estimate of drug-likeness (QED) is 0.452. The third-order valence-corrected chi connectivity index (χ3v) is 1.97. The fourth-order valence-corrected chi connectivity index (χ4v) is 1.47. The molecule has 0 spiro atoms. The third kappa shape index (κ3) is 0.956. The number of ether oxygens (including phenoxy) is 1. The molecule has 0 amide bonds. The molecule has 2 saturated heterocycles. The molecule has 52 valence electrons. The first-order valence-electron chi connectivity index (χ1n) is 3.55. The van der Waals surface area contributed by atoms with Crippen molar-refractivity contribution in [2.45, 2.75) is 18.7 Å². The van der Waals surface area contributed by atoms with Gasteiger partial charge >= 0.3 is 0 Å². The Kier molecular flexibility index (Phi) is 1.41. The summed E-state index contributed by atoms with van der Waals surface area (Å²) < 4.78 is 5.38. The molecular formula is C6H12N2O. The fraction of sp³-hybridized carbons (Fsp3) is 1.00. The largest absolute Gasteiger partial charge is 0.362 e. The molecule has 0 aliphatic carbocycles. The Hall–Kier alpha value is -0.120. The van der Waals surface area contributed by atoms with Gasteiger partial charge in [-0.2, -0.15) is 0 Å². The summed E-state index contributed by atoms with van der Waals surface area (Å²) in [6, 6.07) is 0.582. The highest BCUT2D eigenvalue weighted by Gasteiger charge is 2.29. The van der Waals surface area contributed by atoms with Crippen LogP contribution in [-0.4, -0.2) is 32.0 Å². The Labute approximate surface area is 54.8 Å². The van der Waals surface area contributed by atoms with Crippen molar-refractivity contribution in [3.63, 3.8) is 0 Å². The molecule has 9 heavy (non-hydrogen) atoms. The summed E-state index contributed by atoms with van der Waals surface area (Å²) in [7, 11) is 0. The van der Waals surface area contributed by atoms with Crippen molar-refractivity contribution in [3.05, 3.63) is 0 Å². The van der Waals surface area contributed by atoms with Gasteiger partial charge in [0.2, 0.25) is 0 Å². The van der Waals surface area contributed by atoms with Crippen molar-refractivity contribution < 1.29 is 4.74 Å². The number of hydrogen-bond donors (Lipinski definition) is 2. The van der Waals surface area contributed by atoms with Crippen molar-refractivity contribution in [2.24, 2.45) is 0 Å². The molecule has 0 radical (unpaired) electrons. The Morgan fingerprint density at radius 2 is 2.11 bits per heavy atom. The summed E-state index contributed by atoms with van der Waals surface area (Å²) in [6.45, 7) is 3.04. The Bertz CT molecular complexity index is 95.2. The van der Waals surface area contributed by atoms with Crippen LogP contribution in [0.2, 0.25) is 0 Å². The Morgan fingerprint density at radius 1 is 1.22 bits per heavy atom. The number of nitrogens with one attached hydrogen (secondary N) is 2. The number of rotatable bonds is 0. The normalized spacial score (nSPS) is 42.7. The van der Waals surface area contributed by atoms with Gasteiger partial charge in [0, 0.05) is 19.1 Å². The maximum Gasteiger partial charge on any atom is 0.123 e. The molecule has 2 heterocycles. The van der Waals surface area contributed by atoms with Gasteiger partial charge in [0.15, 0.2) is 0 Å². The number of piperazine rings is 1. The second-order valence-electron chi connectivity index (χ2n) is 2.59. The summed E-state index contributed by atoms with van der Waals surface area (Å²) in [5.41, 5.74) is 0. The van der Waals surface area contributed by atoms with E-state index < -0.39 is 0 Å². The highest BCUT2D eigenvalue weighted by atomic mass is 16.5. The molecule has 2 atom stereocenters. The molecule has 0 saturated carbocycles. The van der Waals surface area contributed by atoms with Crippen LogP contribution in [0, 0.1) is 0 Å². The zero-order valence-corrected chi connectivity index (χ0v) is 5.39. The fourth-order valence-electron chi connectivity index (χ4n) is 1.47. The summed E-state index contributed by atoms with van der Waals surface area (Å²) in [4.78, 5) is 0. The lowest BCUT2D eigenvalue weighted by atomic mass is 10.2. The zero-order valence-electron chi connectivity index (χ0n) is 5.39. The zero-order chi connectivity index (χ0) is 6.10. The molecule has 2 aliphatic rings.